The summed E-state index contributed by atoms with van der Waals surface area (Å²) in [6.45, 7) is 0. The smallest absolute Gasteiger partial charge is 0.273 e. The second-order valence-corrected chi connectivity index (χ2v) is 6.75. The van der Waals surface area contributed by atoms with Crippen LogP contribution in [0.1, 0.15) is 37.7 Å². The van der Waals surface area contributed by atoms with Crippen LogP contribution in [0.15, 0.2) is 34.3 Å². The van der Waals surface area contributed by atoms with E-state index in [9.17, 15) is 14.4 Å². The molecule has 1 saturated carbocycles. The molecule has 1 aliphatic carbocycles. The molecule has 1 aliphatic heterocycles. The van der Waals surface area contributed by atoms with E-state index in [1.54, 1.807) is 12.1 Å². The lowest BCUT2D eigenvalue weighted by Gasteiger charge is -2.35. The van der Waals surface area contributed by atoms with Crippen LogP contribution in [0.5, 0.6) is 0 Å². The summed E-state index contributed by atoms with van der Waals surface area (Å²) >= 11 is 3.34. The minimum Gasteiger partial charge on any atom is -0.273 e. The van der Waals surface area contributed by atoms with E-state index in [0.717, 1.165) is 42.1 Å². The first-order chi connectivity index (χ1) is 11.1. The highest BCUT2D eigenvalue weighted by molar-refractivity contribution is 9.10. The number of imide groups is 2. The summed E-state index contributed by atoms with van der Waals surface area (Å²) < 4.78 is 0.915. The molecule has 120 valence electrons. The second-order valence-electron chi connectivity index (χ2n) is 5.84. The molecule has 0 unspecified atom stereocenters. The summed E-state index contributed by atoms with van der Waals surface area (Å²) in [5.74, 6) is -1.12. The summed E-state index contributed by atoms with van der Waals surface area (Å²) in [6, 6.07) is 6.57. The van der Waals surface area contributed by atoms with Crippen molar-refractivity contribution in [2.45, 2.75) is 38.1 Å². The zero-order chi connectivity index (χ0) is 16.4. The van der Waals surface area contributed by atoms with E-state index in [-0.39, 0.29) is 11.6 Å². The number of rotatable bonds is 2. The topological polar surface area (TPSA) is 66.5 Å². The van der Waals surface area contributed by atoms with Gasteiger partial charge in [-0.2, -0.15) is 0 Å². The highest BCUT2D eigenvalue weighted by atomic mass is 79.9. The molecular weight excluding hydrogens is 360 g/mol. The number of carbonyl (C=O) groups is 3. The van der Waals surface area contributed by atoms with E-state index in [1.165, 1.54) is 11.0 Å². The lowest BCUT2D eigenvalue weighted by atomic mass is 9.93. The molecule has 3 rings (SSSR count). The molecule has 0 spiro atoms. The monoisotopic (exact) mass is 376 g/mol. The first-order valence-corrected chi connectivity index (χ1v) is 8.51. The third kappa shape index (κ3) is 3.37. The molecule has 4 amide bonds. The Morgan fingerprint density at radius 3 is 2.35 bits per heavy atom. The Morgan fingerprint density at radius 1 is 1.04 bits per heavy atom. The van der Waals surface area contributed by atoms with Gasteiger partial charge in [-0.05, 0) is 36.6 Å². The molecular formula is C17H17BrN2O3. The SMILES string of the molecule is O=C1NC(=O)N(C2CCCCC2)C(=O)/C1=C\c1ccc(Br)cc1. The van der Waals surface area contributed by atoms with Crippen molar-refractivity contribution >= 4 is 39.9 Å². The van der Waals surface area contributed by atoms with Gasteiger partial charge in [-0.15, -0.1) is 0 Å². The van der Waals surface area contributed by atoms with E-state index in [4.69, 9.17) is 0 Å². The van der Waals surface area contributed by atoms with Gasteiger partial charge in [-0.1, -0.05) is 47.3 Å². The first kappa shape index (κ1) is 15.9. The van der Waals surface area contributed by atoms with Crippen molar-refractivity contribution < 1.29 is 14.4 Å². The van der Waals surface area contributed by atoms with Gasteiger partial charge in [0, 0.05) is 10.5 Å². The number of benzene rings is 1. The molecule has 23 heavy (non-hydrogen) atoms. The summed E-state index contributed by atoms with van der Waals surface area (Å²) in [4.78, 5) is 38.1. The molecule has 2 fully saturated rings. The van der Waals surface area contributed by atoms with Crippen LogP contribution >= 0.6 is 15.9 Å². The number of amides is 4. The maximum atomic E-state index is 12.7. The molecule has 1 N–H and O–H groups in total. The van der Waals surface area contributed by atoms with Crippen molar-refractivity contribution in [1.29, 1.82) is 0 Å². The molecule has 1 aromatic carbocycles. The molecule has 6 heteroatoms. The van der Waals surface area contributed by atoms with E-state index in [1.807, 2.05) is 12.1 Å². The van der Waals surface area contributed by atoms with Crippen LogP contribution in [0.3, 0.4) is 0 Å². The molecule has 0 bridgehead atoms. The quantitative estimate of drug-likeness (QED) is 0.636. The van der Waals surface area contributed by atoms with Gasteiger partial charge in [0.25, 0.3) is 11.8 Å². The van der Waals surface area contributed by atoms with Gasteiger partial charge in [0.05, 0.1) is 0 Å². The summed E-state index contributed by atoms with van der Waals surface area (Å²) in [7, 11) is 0. The fourth-order valence-corrected chi connectivity index (χ4v) is 3.33. The van der Waals surface area contributed by atoms with Gasteiger partial charge in [0.1, 0.15) is 5.57 Å². The normalized spacial score (nSPS) is 21.7. The largest absolute Gasteiger partial charge is 0.331 e. The Hall–Kier alpha value is -1.95. The second kappa shape index (κ2) is 6.66. The lowest BCUT2D eigenvalue weighted by molar-refractivity contribution is -0.132. The molecule has 1 saturated heterocycles. The molecule has 0 aromatic heterocycles. The number of urea groups is 1. The Labute approximate surface area is 142 Å². The van der Waals surface area contributed by atoms with Crippen molar-refractivity contribution in [3.05, 3.63) is 39.9 Å². The Balaban J connectivity index is 1.90. The van der Waals surface area contributed by atoms with E-state index >= 15 is 0 Å². The number of carbonyl (C=O) groups excluding carboxylic acids is 3. The molecule has 2 aliphatic rings. The minimum absolute atomic E-state index is 0.0116. The zero-order valence-corrected chi connectivity index (χ0v) is 14.1. The van der Waals surface area contributed by atoms with Gasteiger partial charge < -0.3 is 0 Å². The van der Waals surface area contributed by atoms with Crippen molar-refractivity contribution in [2.24, 2.45) is 0 Å². The van der Waals surface area contributed by atoms with Crippen LogP contribution in [0.2, 0.25) is 0 Å². The van der Waals surface area contributed by atoms with Crippen LogP contribution in [-0.2, 0) is 9.59 Å². The maximum absolute atomic E-state index is 12.7. The first-order valence-electron chi connectivity index (χ1n) is 7.72. The van der Waals surface area contributed by atoms with E-state index < -0.39 is 17.8 Å². The number of halogens is 1. The number of hydrogen-bond donors (Lipinski definition) is 1. The third-order valence-corrected chi connectivity index (χ3v) is 4.78. The number of barbiturate groups is 1. The Morgan fingerprint density at radius 2 is 1.70 bits per heavy atom. The average molecular weight is 377 g/mol. The molecule has 0 atom stereocenters. The van der Waals surface area contributed by atoms with Crippen LogP contribution < -0.4 is 5.32 Å². The molecule has 1 heterocycles. The highest BCUT2D eigenvalue weighted by Gasteiger charge is 2.40. The van der Waals surface area contributed by atoms with Crippen LogP contribution in [0, 0.1) is 0 Å². The Bertz CT molecular complexity index is 676. The van der Waals surface area contributed by atoms with Crippen molar-refractivity contribution in [1.82, 2.24) is 10.2 Å². The van der Waals surface area contributed by atoms with E-state index in [2.05, 4.69) is 21.2 Å². The van der Waals surface area contributed by atoms with Crippen molar-refractivity contribution in [2.75, 3.05) is 0 Å². The standard InChI is InChI=1S/C17H17BrN2O3/c18-12-8-6-11(7-9-12)10-14-15(21)19-17(23)20(16(14)22)13-4-2-1-3-5-13/h6-10,13H,1-5H2,(H,19,21,23)/b14-10-. The van der Waals surface area contributed by atoms with Crippen LogP contribution in [0.4, 0.5) is 4.79 Å². The van der Waals surface area contributed by atoms with E-state index in [0.29, 0.717) is 0 Å². The number of hydrogen-bond acceptors (Lipinski definition) is 3. The lowest BCUT2D eigenvalue weighted by Crippen LogP contribution is -2.58. The minimum atomic E-state index is -0.630. The van der Waals surface area contributed by atoms with Gasteiger partial charge in [-0.25, -0.2) is 4.79 Å². The average Bonchev–Trinajstić information content (AvgIpc) is 2.54. The fourth-order valence-electron chi connectivity index (χ4n) is 3.07. The number of nitrogens with one attached hydrogen (secondary N) is 1. The summed E-state index contributed by atoms with van der Waals surface area (Å²) in [5, 5.41) is 2.29. The number of nitrogens with zero attached hydrogens (tertiary/aromatic N) is 1. The molecule has 1 aromatic rings. The van der Waals surface area contributed by atoms with Crippen molar-refractivity contribution in [3.8, 4) is 0 Å². The van der Waals surface area contributed by atoms with Crippen LogP contribution in [0.25, 0.3) is 6.08 Å². The van der Waals surface area contributed by atoms with Crippen molar-refractivity contribution in [3.63, 3.8) is 0 Å². The highest BCUT2D eigenvalue weighted by Crippen LogP contribution is 2.26. The third-order valence-electron chi connectivity index (χ3n) is 4.25. The Kier molecular flexibility index (Phi) is 4.61. The van der Waals surface area contributed by atoms with Crippen LogP contribution in [-0.4, -0.2) is 28.8 Å². The maximum Gasteiger partial charge on any atom is 0.331 e. The predicted molar refractivity (Wildman–Crippen MR) is 89.4 cm³/mol. The molecule has 0 radical (unpaired) electrons. The molecule has 5 nitrogen and oxygen atoms in total. The zero-order valence-electron chi connectivity index (χ0n) is 12.5. The summed E-state index contributed by atoms with van der Waals surface area (Å²) in [6.07, 6.45) is 6.27. The fraction of sp³-hybridized carbons (Fsp3) is 0.353. The van der Waals surface area contributed by atoms with Gasteiger partial charge in [0.15, 0.2) is 0 Å². The summed E-state index contributed by atoms with van der Waals surface area (Å²) in [5.41, 5.74) is 0.752. The van der Waals surface area contributed by atoms with Gasteiger partial charge in [0.2, 0.25) is 0 Å². The predicted octanol–water partition coefficient (Wildman–Crippen LogP) is 3.24. The van der Waals surface area contributed by atoms with Gasteiger partial charge >= 0.3 is 6.03 Å². The van der Waals surface area contributed by atoms with Gasteiger partial charge in [-0.3, -0.25) is 19.8 Å².